The highest BCUT2D eigenvalue weighted by atomic mass is 16.3. The zero-order valence-electron chi connectivity index (χ0n) is 31.5. The summed E-state index contributed by atoms with van der Waals surface area (Å²) in [7, 11) is 10.9. The molecule has 0 saturated carbocycles. The van der Waals surface area contributed by atoms with Crippen molar-refractivity contribution < 1.29 is 4.42 Å². The van der Waals surface area contributed by atoms with Crippen LogP contribution < -0.4 is 27.3 Å². The number of rotatable bonds is 5. The third-order valence-corrected chi connectivity index (χ3v) is 11.7. The van der Waals surface area contributed by atoms with Crippen molar-refractivity contribution in [2.45, 2.75) is 0 Å². The molecule has 0 fully saturated rings. The van der Waals surface area contributed by atoms with Crippen LogP contribution in [0.15, 0.2) is 144 Å². The Labute approximate surface area is 323 Å². The fourth-order valence-electron chi connectivity index (χ4n) is 8.32. The predicted molar refractivity (Wildman–Crippen MR) is 244 cm³/mol. The average molecular weight is 700 g/mol. The molecule has 10 rings (SSSR count). The molecule has 55 heavy (non-hydrogen) atoms. The van der Waals surface area contributed by atoms with Gasteiger partial charge >= 0.3 is 0 Å². The normalized spacial score (nSPS) is 11.6. The van der Waals surface area contributed by atoms with Gasteiger partial charge in [0.15, 0.2) is 17.5 Å². The Balaban J connectivity index is 1.16. The standard InChI is InChI=1S/C45H33B5N4O/c46-37-36(38(47)40(49)41(50)39(37)48)45-52-43(25-12-5-2-6-13-25)51-44(53-45)31-16-9-15-30-29-20-19-27(23-35(29)55-42(30)31)54-33-17-8-7-14-28(33)32-22-26(18-21-34(32)54)24-10-3-1-4-11-24/h1-23H,46-50H2. The number of fused-ring (bicyclic) bond motifs is 6. The van der Waals surface area contributed by atoms with E-state index in [0.717, 1.165) is 55.3 Å². The quantitative estimate of drug-likeness (QED) is 0.260. The van der Waals surface area contributed by atoms with Gasteiger partial charge in [0.05, 0.1) is 16.6 Å². The van der Waals surface area contributed by atoms with Crippen molar-refractivity contribution in [3.8, 4) is 51.0 Å². The van der Waals surface area contributed by atoms with E-state index in [-0.39, 0.29) is 0 Å². The molecule has 3 aromatic heterocycles. The Kier molecular flexibility index (Phi) is 7.70. The van der Waals surface area contributed by atoms with Crippen LogP contribution in [-0.4, -0.2) is 58.8 Å². The van der Waals surface area contributed by atoms with E-state index in [1.807, 2.05) is 18.2 Å². The molecule has 254 valence electrons. The largest absolute Gasteiger partial charge is 0.455 e. The van der Waals surface area contributed by atoms with Crippen molar-refractivity contribution in [3.63, 3.8) is 0 Å². The van der Waals surface area contributed by atoms with Crippen LogP contribution in [0, 0.1) is 0 Å². The summed E-state index contributed by atoms with van der Waals surface area (Å²) >= 11 is 0. The van der Waals surface area contributed by atoms with Crippen LogP contribution in [0.2, 0.25) is 0 Å². The molecule has 0 unspecified atom stereocenters. The summed E-state index contributed by atoms with van der Waals surface area (Å²) in [6, 6.07) is 48.9. The van der Waals surface area contributed by atoms with Crippen LogP contribution in [0.3, 0.4) is 0 Å². The van der Waals surface area contributed by atoms with Crippen molar-refractivity contribution in [1.29, 1.82) is 0 Å². The minimum absolute atomic E-state index is 0.583. The Hall–Kier alpha value is -6.53. The molecule has 0 aliphatic carbocycles. The number of furan rings is 1. The highest BCUT2D eigenvalue weighted by molar-refractivity contribution is 6.68. The van der Waals surface area contributed by atoms with Gasteiger partial charge in [0.25, 0.3) is 0 Å². The molecule has 0 amide bonds. The van der Waals surface area contributed by atoms with E-state index in [2.05, 4.69) is 165 Å². The molecular formula is C45H33B5N4O. The number of hydrogen-bond acceptors (Lipinski definition) is 4. The van der Waals surface area contributed by atoms with Gasteiger partial charge in [-0.25, -0.2) is 15.0 Å². The van der Waals surface area contributed by atoms with Crippen LogP contribution in [0.5, 0.6) is 0 Å². The molecule has 7 aromatic carbocycles. The molecule has 0 aliphatic heterocycles. The molecule has 0 spiro atoms. The minimum atomic E-state index is 0.583. The molecule has 0 aliphatic rings. The van der Waals surface area contributed by atoms with Crippen LogP contribution in [0.4, 0.5) is 0 Å². The lowest BCUT2D eigenvalue weighted by Gasteiger charge is -2.20. The third kappa shape index (κ3) is 5.27. The van der Waals surface area contributed by atoms with Gasteiger partial charge < -0.3 is 8.98 Å². The summed E-state index contributed by atoms with van der Waals surface area (Å²) in [5, 5.41) is 4.49. The summed E-state index contributed by atoms with van der Waals surface area (Å²) in [6.45, 7) is 0. The average Bonchev–Trinajstić information content (AvgIpc) is 3.78. The topological polar surface area (TPSA) is 56.7 Å². The Morgan fingerprint density at radius 2 is 1.04 bits per heavy atom. The van der Waals surface area contributed by atoms with Gasteiger partial charge in [0.2, 0.25) is 0 Å². The smallest absolute Gasteiger partial charge is 0.167 e. The second-order valence-corrected chi connectivity index (χ2v) is 14.6. The highest BCUT2D eigenvalue weighted by Gasteiger charge is 2.22. The molecule has 10 heteroatoms. The molecule has 0 saturated heterocycles. The summed E-state index contributed by atoms with van der Waals surface area (Å²) < 4.78 is 9.20. The highest BCUT2D eigenvalue weighted by Crippen LogP contribution is 2.39. The third-order valence-electron chi connectivity index (χ3n) is 11.7. The Morgan fingerprint density at radius 1 is 0.418 bits per heavy atom. The fraction of sp³-hybridized carbons (Fsp3) is 0. The minimum Gasteiger partial charge on any atom is -0.455 e. The molecular weight excluding hydrogens is 667 g/mol. The first-order valence-electron chi connectivity index (χ1n) is 18.8. The SMILES string of the molecule is Bc1c(B)c(B)c(-c2nc(-c3ccccc3)nc(-c3cccc4c3oc3cc(-n5c6ccccc6c6cc(-c7ccccc7)ccc65)ccc34)n2)c(B)c1B. The molecule has 0 bridgehead atoms. The van der Waals surface area contributed by atoms with E-state index in [0.29, 0.717) is 17.5 Å². The van der Waals surface area contributed by atoms with Gasteiger partial charge in [-0.2, -0.15) is 0 Å². The summed E-state index contributed by atoms with van der Waals surface area (Å²) in [5.41, 5.74) is 16.3. The van der Waals surface area contributed by atoms with Crippen LogP contribution >= 0.6 is 0 Å². The number of nitrogens with zero attached hydrogens (tertiary/aromatic N) is 4. The molecule has 0 atom stereocenters. The van der Waals surface area contributed by atoms with Crippen LogP contribution in [0.25, 0.3) is 94.7 Å². The van der Waals surface area contributed by atoms with Gasteiger partial charge in [-0.1, -0.05) is 108 Å². The van der Waals surface area contributed by atoms with E-state index >= 15 is 0 Å². The first kappa shape index (κ1) is 33.1. The van der Waals surface area contributed by atoms with Crippen molar-refractivity contribution in [3.05, 3.63) is 140 Å². The van der Waals surface area contributed by atoms with Gasteiger partial charge in [0, 0.05) is 44.4 Å². The van der Waals surface area contributed by atoms with Gasteiger partial charge in [-0.05, 0) is 47.5 Å². The first-order valence-corrected chi connectivity index (χ1v) is 18.8. The molecule has 3 heterocycles. The number of para-hydroxylation sites is 2. The van der Waals surface area contributed by atoms with E-state index in [1.165, 1.54) is 49.2 Å². The zero-order valence-corrected chi connectivity index (χ0v) is 31.5. The van der Waals surface area contributed by atoms with E-state index in [1.54, 1.807) is 0 Å². The second-order valence-electron chi connectivity index (χ2n) is 14.6. The van der Waals surface area contributed by atoms with Gasteiger partial charge in [-0.15, -0.1) is 16.4 Å². The maximum absolute atomic E-state index is 6.86. The lowest BCUT2D eigenvalue weighted by Crippen LogP contribution is -2.55. The summed E-state index contributed by atoms with van der Waals surface area (Å²) in [6.07, 6.45) is 0. The lowest BCUT2D eigenvalue weighted by molar-refractivity contribution is 0.669. The number of aromatic nitrogens is 4. The van der Waals surface area contributed by atoms with Crippen LogP contribution in [-0.2, 0) is 0 Å². The van der Waals surface area contributed by atoms with Gasteiger partial charge in [-0.3, -0.25) is 0 Å². The second kappa shape index (κ2) is 12.8. The van der Waals surface area contributed by atoms with Crippen molar-refractivity contribution in [1.82, 2.24) is 19.5 Å². The molecule has 5 nitrogen and oxygen atoms in total. The van der Waals surface area contributed by atoms with E-state index < -0.39 is 0 Å². The Morgan fingerprint density at radius 3 is 1.80 bits per heavy atom. The monoisotopic (exact) mass is 700 g/mol. The van der Waals surface area contributed by atoms with E-state index in [4.69, 9.17) is 19.4 Å². The fourth-order valence-corrected chi connectivity index (χ4v) is 8.32. The van der Waals surface area contributed by atoms with Crippen molar-refractivity contribution in [2.24, 2.45) is 0 Å². The number of hydrogen-bond donors (Lipinski definition) is 0. The first-order chi connectivity index (χ1) is 26.9. The van der Waals surface area contributed by atoms with Crippen molar-refractivity contribution >= 4 is 110 Å². The number of benzene rings is 7. The summed E-state index contributed by atoms with van der Waals surface area (Å²) in [5.74, 6) is 1.88. The summed E-state index contributed by atoms with van der Waals surface area (Å²) in [4.78, 5) is 15.4. The molecule has 0 N–H and O–H groups in total. The maximum Gasteiger partial charge on any atom is 0.167 e. The van der Waals surface area contributed by atoms with Crippen LogP contribution in [0.1, 0.15) is 0 Å². The Bertz CT molecular complexity index is 3130. The molecule has 10 aromatic rings. The lowest BCUT2D eigenvalue weighted by atomic mass is 9.60. The molecule has 0 radical (unpaired) electrons. The van der Waals surface area contributed by atoms with Crippen molar-refractivity contribution in [2.75, 3.05) is 0 Å². The zero-order chi connectivity index (χ0) is 37.4. The predicted octanol–water partition coefficient (Wildman–Crippen LogP) is 2.83. The van der Waals surface area contributed by atoms with Gasteiger partial charge in [0.1, 0.15) is 50.4 Å². The van der Waals surface area contributed by atoms with E-state index in [9.17, 15) is 0 Å². The maximum atomic E-state index is 6.86.